The number of rotatable bonds is 4. The van der Waals surface area contributed by atoms with Crippen LogP contribution >= 0.6 is 0 Å². The van der Waals surface area contributed by atoms with Crippen molar-refractivity contribution >= 4 is 23.2 Å². The Balaban J connectivity index is 1.67. The highest BCUT2D eigenvalue weighted by Gasteiger charge is 2.24. The highest BCUT2D eigenvalue weighted by molar-refractivity contribution is 5.78. The van der Waals surface area contributed by atoms with Crippen LogP contribution in [-0.4, -0.2) is 59.4 Å². The van der Waals surface area contributed by atoms with Crippen LogP contribution in [0.5, 0.6) is 0 Å². The summed E-state index contributed by atoms with van der Waals surface area (Å²) in [6, 6.07) is 9.48. The number of ether oxygens (including phenoxy) is 1. The summed E-state index contributed by atoms with van der Waals surface area (Å²) >= 11 is 0. The molecule has 0 spiro atoms. The summed E-state index contributed by atoms with van der Waals surface area (Å²) in [5.74, 6) is 0.187. The average molecular weight is 384 g/mol. The number of esters is 1. The second kappa shape index (κ2) is 8.02. The van der Waals surface area contributed by atoms with E-state index < -0.39 is 5.60 Å². The van der Waals surface area contributed by atoms with Crippen molar-refractivity contribution in [2.45, 2.75) is 26.4 Å². The molecule has 0 amide bonds. The van der Waals surface area contributed by atoms with Crippen LogP contribution in [0.15, 0.2) is 30.3 Å². The molecule has 0 unspecified atom stereocenters. The average Bonchev–Trinajstić information content (AvgIpc) is 2.62. The number of nitrogens with zero attached hydrogens (tertiary/aromatic N) is 4. The number of hydrogen-bond donors (Lipinski definition) is 2. The summed E-state index contributed by atoms with van der Waals surface area (Å²) in [5, 5.41) is 8.32. The van der Waals surface area contributed by atoms with E-state index in [1.807, 2.05) is 51.1 Å². The van der Waals surface area contributed by atoms with E-state index in [-0.39, 0.29) is 5.97 Å². The molecule has 1 aromatic carbocycles. The maximum atomic E-state index is 12.0. The Kier molecular flexibility index (Phi) is 5.69. The zero-order valence-electron chi connectivity index (χ0n) is 16.7. The van der Waals surface area contributed by atoms with Gasteiger partial charge < -0.3 is 21.1 Å². The van der Waals surface area contributed by atoms with Gasteiger partial charge in [0.1, 0.15) is 5.60 Å². The largest absolute Gasteiger partial charge is 0.459 e. The minimum absolute atomic E-state index is 0.201. The van der Waals surface area contributed by atoms with Crippen molar-refractivity contribution in [1.82, 2.24) is 15.1 Å². The van der Waals surface area contributed by atoms with Crippen LogP contribution in [0.3, 0.4) is 0 Å². The van der Waals surface area contributed by atoms with Gasteiger partial charge in [0, 0.05) is 37.4 Å². The Morgan fingerprint density at radius 2 is 1.79 bits per heavy atom. The van der Waals surface area contributed by atoms with E-state index in [2.05, 4.69) is 20.0 Å². The number of anilines is 3. The number of hydrogen-bond acceptors (Lipinski definition) is 8. The van der Waals surface area contributed by atoms with Gasteiger partial charge in [-0.25, -0.2) is 0 Å². The lowest BCUT2D eigenvalue weighted by Gasteiger charge is -2.36. The van der Waals surface area contributed by atoms with Gasteiger partial charge in [-0.05, 0) is 32.9 Å². The number of nitrogens with two attached hydrogens (primary N) is 2. The molecule has 0 radical (unpaired) electrons. The lowest BCUT2D eigenvalue weighted by Crippen LogP contribution is -2.49. The molecule has 1 aliphatic heterocycles. The van der Waals surface area contributed by atoms with Gasteiger partial charge in [-0.2, -0.15) is 0 Å². The summed E-state index contributed by atoms with van der Waals surface area (Å²) in [6.07, 6.45) is 0. The minimum atomic E-state index is -0.467. The van der Waals surface area contributed by atoms with Gasteiger partial charge in [-0.15, -0.1) is 10.2 Å². The Morgan fingerprint density at radius 3 is 2.43 bits per heavy atom. The molecular formula is C20H28N6O2. The molecule has 1 fully saturated rings. The van der Waals surface area contributed by atoms with E-state index in [9.17, 15) is 4.79 Å². The third kappa shape index (κ3) is 4.89. The Labute approximate surface area is 165 Å². The molecule has 0 atom stereocenters. The maximum Gasteiger partial charge on any atom is 0.320 e. The van der Waals surface area contributed by atoms with E-state index in [1.165, 1.54) is 0 Å². The zero-order valence-corrected chi connectivity index (χ0v) is 16.7. The fourth-order valence-electron chi connectivity index (χ4n) is 3.21. The predicted molar refractivity (Wildman–Crippen MR) is 111 cm³/mol. The first-order valence-corrected chi connectivity index (χ1v) is 9.40. The number of piperazine rings is 1. The summed E-state index contributed by atoms with van der Waals surface area (Å²) in [5.41, 5.74) is 14.7. The third-order valence-electron chi connectivity index (χ3n) is 4.52. The zero-order chi connectivity index (χ0) is 20.3. The standard InChI is InChI=1S/C20H28N6O2/c1-20(2,3)28-18(27)13-25-8-10-26(11-9-25)17-12-16(23-24-19(17)22)14-6-4-5-7-15(14)21/h4-7,12H,8-11,13,21H2,1-3H3,(H2,22,24). The molecule has 1 saturated heterocycles. The van der Waals surface area contributed by atoms with Gasteiger partial charge in [-0.1, -0.05) is 18.2 Å². The first kappa shape index (κ1) is 19.9. The van der Waals surface area contributed by atoms with E-state index in [0.717, 1.165) is 37.4 Å². The molecule has 28 heavy (non-hydrogen) atoms. The van der Waals surface area contributed by atoms with Crippen molar-refractivity contribution in [1.29, 1.82) is 0 Å². The van der Waals surface area contributed by atoms with E-state index in [1.54, 1.807) is 0 Å². The van der Waals surface area contributed by atoms with Crippen molar-refractivity contribution < 1.29 is 9.53 Å². The number of carbonyl (C=O) groups is 1. The monoisotopic (exact) mass is 384 g/mol. The molecule has 1 aromatic heterocycles. The van der Waals surface area contributed by atoms with Crippen molar-refractivity contribution in [3.05, 3.63) is 30.3 Å². The van der Waals surface area contributed by atoms with Crippen LogP contribution in [0, 0.1) is 0 Å². The Hall–Kier alpha value is -2.87. The molecule has 0 aliphatic carbocycles. The second-order valence-corrected chi connectivity index (χ2v) is 7.94. The van der Waals surface area contributed by atoms with Gasteiger partial charge in [0.2, 0.25) is 0 Å². The van der Waals surface area contributed by atoms with Crippen molar-refractivity contribution in [2.24, 2.45) is 0 Å². The normalized spacial score (nSPS) is 15.5. The van der Waals surface area contributed by atoms with Crippen LogP contribution < -0.4 is 16.4 Å². The fourth-order valence-corrected chi connectivity index (χ4v) is 3.21. The second-order valence-electron chi connectivity index (χ2n) is 7.94. The van der Waals surface area contributed by atoms with Crippen molar-refractivity contribution in [3.8, 4) is 11.3 Å². The van der Waals surface area contributed by atoms with Crippen LogP contribution in [0.4, 0.5) is 17.2 Å². The van der Waals surface area contributed by atoms with Crippen LogP contribution in [0.25, 0.3) is 11.3 Å². The molecule has 4 N–H and O–H groups in total. The molecule has 1 aliphatic rings. The third-order valence-corrected chi connectivity index (χ3v) is 4.52. The van der Waals surface area contributed by atoms with Crippen molar-refractivity contribution in [3.63, 3.8) is 0 Å². The maximum absolute atomic E-state index is 12.0. The number of nitrogen functional groups attached to an aromatic ring is 2. The van der Waals surface area contributed by atoms with Gasteiger partial charge in [0.05, 0.1) is 17.9 Å². The van der Waals surface area contributed by atoms with E-state index in [4.69, 9.17) is 16.2 Å². The van der Waals surface area contributed by atoms with Crippen LogP contribution in [0.1, 0.15) is 20.8 Å². The lowest BCUT2D eigenvalue weighted by atomic mass is 10.1. The smallest absolute Gasteiger partial charge is 0.320 e. The number of benzene rings is 1. The summed E-state index contributed by atoms with van der Waals surface area (Å²) in [4.78, 5) is 16.3. The summed E-state index contributed by atoms with van der Waals surface area (Å²) in [7, 11) is 0. The van der Waals surface area contributed by atoms with Gasteiger partial charge in [0.15, 0.2) is 5.82 Å². The number of aromatic nitrogens is 2. The molecule has 2 aromatic rings. The van der Waals surface area contributed by atoms with Gasteiger partial charge in [0.25, 0.3) is 0 Å². The van der Waals surface area contributed by atoms with E-state index in [0.29, 0.717) is 23.7 Å². The SMILES string of the molecule is CC(C)(C)OC(=O)CN1CCN(c2cc(-c3ccccc3N)nnc2N)CC1. The molecular weight excluding hydrogens is 356 g/mol. The highest BCUT2D eigenvalue weighted by atomic mass is 16.6. The molecule has 3 rings (SSSR count). The summed E-state index contributed by atoms with van der Waals surface area (Å²) < 4.78 is 5.40. The molecule has 2 heterocycles. The number of para-hydroxylation sites is 1. The molecule has 150 valence electrons. The first-order valence-electron chi connectivity index (χ1n) is 9.40. The molecule has 0 bridgehead atoms. The Morgan fingerprint density at radius 1 is 1.11 bits per heavy atom. The lowest BCUT2D eigenvalue weighted by molar-refractivity contribution is -0.156. The fraction of sp³-hybridized carbons (Fsp3) is 0.450. The Bertz CT molecular complexity index is 841. The molecule has 8 nitrogen and oxygen atoms in total. The highest BCUT2D eigenvalue weighted by Crippen LogP contribution is 2.29. The van der Waals surface area contributed by atoms with Crippen molar-refractivity contribution in [2.75, 3.05) is 49.1 Å². The van der Waals surface area contributed by atoms with Crippen LogP contribution in [-0.2, 0) is 9.53 Å². The van der Waals surface area contributed by atoms with Gasteiger partial charge >= 0.3 is 5.97 Å². The van der Waals surface area contributed by atoms with Crippen LogP contribution in [0.2, 0.25) is 0 Å². The summed E-state index contributed by atoms with van der Waals surface area (Å²) in [6.45, 7) is 8.87. The van der Waals surface area contributed by atoms with E-state index >= 15 is 0 Å². The quantitative estimate of drug-likeness (QED) is 0.606. The molecule has 0 saturated carbocycles. The van der Waals surface area contributed by atoms with Gasteiger partial charge in [-0.3, -0.25) is 9.69 Å². The first-order chi connectivity index (χ1) is 13.2. The predicted octanol–water partition coefficient (Wildman–Crippen LogP) is 1.77. The molecule has 8 heteroatoms. The minimum Gasteiger partial charge on any atom is -0.459 e. The topological polar surface area (TPSA) is 111 Å². The number of carbonyl (C=O) groups excluding carboxylic acids is 1.